The molecule has 1 spiro atoms. The molecular formula is C19H22ClNO5S. The molecule has 27 heavy (non-hydrogen) atoms. The van der Waals surface area contributed by atoms with E-state index >= 15 is 0 Å². The first-order valence-electron chi connectivity index (χ1n) is 9.19. The summed E-state index contributed by atoms with van der Waals surface area (Å²) in [7, 11) is 1.67. The van der Waals surface area contributed by atoms with Crippen LogP contribution in [0.1, 0.15) is 24.8 Å². The summed E-state index contributed by atoms with van der Waals surface area (Å²) in [5.41, 5.74) is 0.380. The van der Waals surface area contributed by atoms with Crippen LogP contribution in [-0.2, 0) is 23.7 Å². The molecule has 0 radical (unpaired) electrons. The Morgan fingerprint density at radius 1 is 1.48 bits per heavy atom. The van der Waals surface area contributed by atoms with Gasteiger partial charge >= 0.3 is 5.97 Å². The molecule has 5 rings (SSSR count). The van der Waals surface area contributed by atoms with Gasteiger partial charge in [0.15, 0.2) is 6.29 Å². The van der Waals surface area contributed by atoms with Gasteiger partial charge in [0.1, 0.15) is 11.8 Å². The summed E-state index contributed by atoms with van der Waals surface area (Å²) in [5.74, 6) is 1.68. The molecule has 0 unspecified atom stereocenters. The van der Waals surface area contributed by atoms with Crippen LogP contribution in [0.15, 0.2) is 18.3 Å². The first-order chi connectivity index (χ1) is 13.0. The molecule has 4 aliphatic rings. The standard InChI is InChI=1S/C19H22ClNO5S/c1-10(22)24-8-19-13-7-27-9-18(19)5-12(11-3-4-14(20)21-6-11)16(26-18)15(19)17(23-2)25-13/h3-4,6,12-13,15-17H,5,7-9H2,1-2H3/t12-,13-,15-,16+,17+,18+,19+/m1/s1. The highest BCUT2D eigenvalue weighted by Crippen LogP contribution is 2.71. The quantitative estimate of drug-likeness (QED) is 0.557. The Bertz CT molecular complexity index is 763. The summed E-state index contributed by atoms with van der Waals surface area (Å²) in [4.78, 5) is 15.9. The number of esters is 1. The molecule has 0 aliphatic carbocycles. The third-order valence-corrected chi connectivity index (χ3v) is 8.23. The average Bonchev–Trinajstić information content (AvgIpc) is 3.28. The van der Waals surface area contributed by atoms with Gasteiger partial charge in [-0.05, 0) is 18.1 Å². The van der Waals surface area contributed by atoms with Crippen LogP contribution in [0.2, 0.25) is 5.15 Å². The number of carbonyl (C=O) groups excluding carboxylic acids is 1. The van der Waals surface area contributed by atoms with E-state index in [0.29, 0.717) is 11.8 Å². The zero-order chi connectivity index (χ0) is 18.8. The Kier molecular flexibility index (Phi) is 4.26. The number of carbonyl (C=O) groups is 1. The largest absolute Gasteiger partial charge is 0.465 e. The summed E-state index contributed by atoms with van der Waals surface area (Å²) in [6.45, 7) is 1.77. The van der Waals surface area contributed by atoms with E-state index in [4.69, 9.17) is 30.5 Å². The number of rotatable bonds is 4. The molecule has 6 nitrogen and oxygen atoms in total. The molecular weight excluding hydrogens is 390 g/mol. The number of nitrogens with zero attached hydrogens (tertiary/aromatic N) is 1. The monoisotopic (exact) mass is 411 g/mol. The predicted octanol–water partition coefficient (Wildman–Crippen LogP) is 2.64. The molecule has 146 valence electrons. The molecule has 8 heteroatoms. The van der Waals surface area contributed by atoms with Gasteiger partial charge in [0.25, 0.3) is 0 Å². The van der Waals surface area contributed by atoms with Crippen LogP contribution in [0.4, 0.5) is 0 Å². The van der Waals surface area contributed by atoms with Gasteiger partial charge in [0.2, 0.25) is 0 Å². The van der Waals surface area contributed by atoms with Crippen molar-refractivity contribution in [2.24, 2.45) is 11.3 Å². The topological polar surface area (TPSA) is 66.9 Å². The third-order valence-electron chi connectivity index (χ3n) is 6.80. The van der Waals surface area contributed by atoms with Gasteiger partial charge < -0.3 is 18.9 Å². The molecule has 4 fully saturated rings. The maximum Gasteiger partial charge on any atom is 0.302 e. The maximum atomic E-state index is 11.6. The zero-order valence-corrected chi connectivity index (χ0v) is 16.8. The lowest BCUT2D eigenvalue weighted by molar-refractivity contribution is -0.165. The Labute approximate surface area is 167 Å². The van der Waals surface area contributed by atoms with Crippen LogP contribution in [-0.4, -0.2) is 60.3 Å². The van der Waals surface area contributed by atoms with Crippen molar-refractivity contribution in [2.45, 2.75) is 43.4 Å². The fourth-order valence-electron chi connectivity index (χ4n) is 5.76. The van der Waals surface area contributed by atoms with E-state index in [-0.39, 0.29) is 47.3 Å². The number of methoxy groups -OCH3 is 1. The zero-order valence-electron chi connectivity index (χ0n) is 15.2. The fraction of sp³-hybridized carbons (Fsp3) is 0.684. The average molecular weight is 412 g/mol. The molecule has 5 heterocycles. The van der Waals surface area contributed by atoms with Gasteiger partial charge in [-0.1, -0.05) is 17.7 Å². The molecule has 0 amide bonds. The van der Waals surface area contributed by atoms with Crippen molar-refractivity contribution in [3.05, 3.63) is 29.0 Å². The number of halogens is 1. The van der Waals surface area contributed by atoms with Crippen molar-refractivity contribution < 1.29 is 23.7 Å². The number of aromatic nitrogens is 1. The predicted molar refractivity (Wildman–Crippen MR) is 99.8 cm³/mol. The molecule has 1 aromatic rings. The summed E-state index contributed by atoms with van der Waals surface area (Å²) in [5, 5.41) is 0.484. The number of hydrogen-bond acceptors (Lipinski definition) is 7. The van der Waals surface area contributed by atoms with Crippen LogP contribution in [0.25, 0.3) is 0 Å². The van der Waals surface area contributed by atoms with E-state index in [0.717, 1.165) is 23.5 Å². The summed E-state index contributed by atoms with van der Waals surface area (Å²) in [6.07, 6.45) is 2.24. The van der Waals surface area contributed by atoms with Gasteiger partial charge in [-0.2, -0.15) is 11.8 Å². The van der Waals surface area contributed by atoms with E-state index < -0.39 is 0 Å². The first kappa shape index (κ1) is 18.2. The minimum Gasteiger partial charge on any atom is -0.465 e. The van der Waals surface area contributed by atoms with Crippen LogP contribution in [0.3, 0.4) is 0 Å². The molecule has 4 saturated heterocycles. The number of pyridine rings is 1. The molecule has 0 aromatic carbocycles. The smallest absolute Gasteiger partial charge is 0.302 e. The molecule has 7 atom stereocenters. The highest BCUT2D eigenvalue weighted by molar-refractivity contribution is 7.99. The van der Waals surface area contributed by atoms with Crippen molar-refractivity contribution >= 4 is 29.3 Å². The molecule has 1 aromatic heterocycles. The van der Waals surface area contributed by atoms with E-state index in [2.05, 4.69) is 4.98 Å². The van der Waals surface area contributed by atoms with Gasteiger partial charge in [-0.3, -0.25) is 4.79 Å². The van der Waals surface area contributed by atoms with Crippen LogP contribution in [0.5, 0.6) is 0 Å². The van der Waals surface area contributed by atoms with Crippen LogP contribution in [0, 0.1) is 11.3 Å². The lowest BCUT2D eigenvalue weighted by Crippen LogP contribution is -2.62. The fourth-order valence-corrected chi connectivity index (χ4v) is 7.36. The minimum absolute atomic E-state index is 0.0159. The van der Waals surface area contributed by atoms with Gasteiger partial charge in [-0.15, -0.1) is 0 Å². The number of hydrogen-bond donors (Lipinski definition) is 0. The van der Waals surface area contributed by atoms with E-state index in [1.807, 2.05) is 30.1 Å². The number of ether oxygens (including phenoxy) is 4. The van der Waals surface area contributed by atoms with E-state index in [9.17, 15) is 4.79 Å². The van der Waals surface area contributed by atoms with Crippen molar-refractivity contribution in [3.63, 3.8) is 0 Å². The number of fused-ring (bicyclic) bond motifs is 2. The normalized spacial score (nSPS) is 44.3. The molecule has 4 aliphatic heterocycles. The van der Waals surface area contributed by atoms with Gasteiger partial charge in [0, 0.05) is 37.7 Å². The Balaban J connectivity index is 1.57. The van der Waals surface area contributed by atoms with Gasteiger partial charge in [0.05, 0.1) is 29.1 Å². The Morgan fingerprint density at radius 2 is 2.33 bits per heavy atom. The van der Waals surface area contributed by atoms with Crippen molar-refractivity contribution in [2.75, 3.05) is 25.2 Å². The lowest BCUT2D eigenvalue weighted by atomic mass is 9.56. The number of thioether (sulfide) groups is 1. The summed E-state index contributed by atoms with van der Waals surface area (Å²) < 4.78 is 24.3. The summed E-state index contributed by atoms with van der Waals surface area (Å²) >= 11 is 7.82. The second-order valence-corrected chi connectivity index (χ2v) is 9.31. The third kappa shape index (κ3) is 2.38. The van der Waals surface area contributed by atoms with Crippen molar-refractivity contribution in [3.8, 4) is 0 Å². The molecule has 0 saturated carbocycles. The molecule has 2 bridgehead atoms. The van der Waals surface area contributed by atoms with E-state index in [1.165, 1.54) is 6.92 Å². The molecule has 0 N–H and O–H groups in total. The first-order valence-corrected chi connectivity index (χ1v) is 10.7. The minimum atomic E-state index is -0.386. The van der Waals surface area contributed by atoms with Crippen LogP contribution >= 0.6 is 23.4 Å². The Morgan fingerprint density at radius 3 is 3.04 bits per heavy atom. The van der Waals surface area contributed by atoms with E-state index in [1.54, 1.807) is 7.11 Å². The maximum absolute atomic E-state index is 11.6. The van der Waals surface area contributed by atoms with Crippen LogP contribution < -0.4 is 0 Å². The highest BCUT2D eigenvalue weighted by atomic mass is 35.5. The van der Waals surface area contributed by atoms with Crippen molar-refractivity contribution in [1.82, 2.24) is 4.98 Å². The Hall–Kier alpha value is -0.860. The second-order valence-electron chi connectivity index (χ2n) is 7.89. The SMILES string of the molecule is CO[C@H]1O[C@@H]2CSC[C@]34C[C@H](c5ccc(Cl)nc5)[C@H](O3)[C@H]1[C@]24COC(C)=O. The highest BCUT2D eigenvalue weighted by Gasteiger charge is 2.80. The summed E-state index contributed by atoms with van der Waals surface area (Å²) in [6, 6.07) is 3.85. The van der Waals surface area contributed by atoms with Gasteiger partial charge in [-0.25, -0.2) is 4.98 Å². The van der Waals surface area contributed by atoms with Crippen molar-refractivity contribution in [1.29, 1.82) is 0 Å². The lowest BCUT2D eigenvalue weighted by Gasteiger charge is -2.50. The second kappa shape index (κ2) is 6.32.